The van der Waals surface area contributed by atoms with E-state index in [0.29, 0.717) is 17.2 Å². The van der Waals surface area contributed by atoms with E-state index in [2.05, 4.69) is 21.0 Å². The molecule has 6 heteroatoms. The average Bonchev–Trinajstić information content (AvgIpc) is 2.77. The van der Waals surface area contributed by atoms with Crippen molar-refractivity contribution < 1.29 is 9.53 Å². The lowest BCUT2D eigenvalue weighted by Crippen LogP contribution is -2.10. The fraction of sp³-hybridized carbons (Fsp3) is 0.231. The minimum absolute atomic E-state index is 0.00169. The Bertz CT molecular complexity index is 598. The number of carbonyl (C=O) groups is 1. The lowest BCUT2D eigenvalue weighted by Gasteiger charge is -2.05. The number of thioether (sulfide) groups is 1. The molecule has 0 aliphatic rings. The van der Waals surface area contributed by atoms with Gasteiger partial charge in [-0.05, 0) is 18.2 Å². The minimum atomic E-state index is 0.00169. The highest BCUT2D eigenvalue weighted by Crippen LogP contribution is 2.24. The first kappa shape index (κ1) is 14.1. The number of ether oxygens (including phenoxy) is 1. The molecule has 0 fully saturated rings. The van der Waals surface area contributed by atoms with E-state index >= 15 is 0 Å². The van der Waals surface area contributed by atoms with Crippen molar-refractivity contribution in [1.82, 2.24) is 9.78 Å². The highest BCUT2D eigenvalue weighted by Gasteiger charge is 2.17. The molecule has 100 valence electrons. The standard InChI is InChI=1S/C13H13BrN2O2S/c1-16-13(12(18-2)7-15-16)11(17)8-19-10-5-3-4-9(14)6-10/h3-7H,8H2,1-2H3. The van der Waals surface area contributed by atoms with E-state index < -0.39 is 0 Å². The molecule has 0 aliphatic heterocycles. The molecule has 0 saturated heterocycles. The van der Waals surface area contributed by atoms with Crippen LogP contribution in [0.25, 0.3) is 0 Å². The number of hydrogen-bond donors (Lipinski definition) is 0. The van der Waals surface area contributed by atoms with Gasteiger partial charge in [0.25, 0.3) is 0 Å². The second-order valence-electron chi connectivity index (χ2n) is 3.85. The fourth-order valence-corrected chi connectivity index (χ4v) is 3.03. The molecule has 0 N–H and O–H groups in total. The number of carbonyl (C=O) groups excluding carboxylic acids is 1. The van der Waals surface area contributed by atoms with Crippen molar-refractivity contribution in [1.29, 1.82) is 0 Å². The van der Waals surface area contributed by atoms with Gasteiger partial charge in [0.2, 0.25) is 0 Å². The van der Waals surface area contributed by atoms with Gasteiger partial charge in [-0.25, -0.2) is 0 Å². The van der Waals surface area contributed by atoms with Crippen LogP contribution >= 0.6 is 27.7 Å². The number of Topliss-reactive ketones (excluding diaryl/α,β-unsaturated/α-hetero) is 1. The zero-order chi connectivity index (χ0) is 13.8. The third-order valence-electron chi connectivity index (χ3n) is 2.56. The molecule has 0 radical (unpaired) electrons. The van der Waals surface area contributed by atoms with Gasteiger partial charge in [0, 0.05) is 16.4 Å². The van der Waals surface area contributed by atoms with Crippen molar-refractivity contribution in [3.8, 4) is 5.75 Å². The van der Waals surface area contributed by atoms with Gasteiger partial charge in [0.05, 0.1) is 19.1 Å². The Balaban J connectivity index is 2.07. The Hall–Kier alpha value is -1.27. The maximum atomic E-state index is 12.2. The van der Waals surface area contributed by atoms with E-state index in [1.54, 1.807) is 17.9 Å². The molecule has 0 aliphatic carbocycles. The van der Waals surface area contributed by atoms with Gasteiger partial charge in [-0.1, -0.05) is 22.0 Å². The van der Waals surface area contributed by atoms with Crippen LogP contribution in [0.3, 0.4) is 0 Å². The molecule has 0 spiro atoms. The maximum absolute atomic E-state index is 12.2. The number of ketones is 1. The summed E-state index contributed by atoms with van der Waals surface area (Å²) in [6.45, 7) is 0. The highest BCUT2D eigenvalue weighted by molar-refractivity contribution is 9.10. The van der Waals surface area contributed by atoms with Gasteiger partial charge in [0.1, 0.15) is 5.69 Å². The van der Waals surface area contributed by atoms with Crippen LogP contribution in [0.5, 0.6) is 5.75 Å². The molecule has 0 unspecified atom stereocenters. The van der Waals surface area contributed by atoms with E-state index in [9.17, 15) is 4.79 Å². The van der Waals surface area contributed by atoms with E-state index in [4.69, 9.17) is 4.74 Å². The van der Waals surface area contributed by atoms with Crippen LogP contribution in [0.4, 0.5) is 0 Å². The van der Waals surface area contributed by atoms with Crippen molar-refractivity contribution >= 4 is 33.5 Å². The van der Waals surface area contributed by atoms with Crippen LogP contribution in [0.15, 0.2) is 39.8 Å². The van der Waals surface area contributed by atoms with E-state index in [1.807, 2.05) is 24.3 Å². The summed E-state index contributed by atoms with van der Waals surface area (Å²) in [6, 6.07) is 7.86. The summed E-state index contributed by atoms with van der Waals surface area (Å²) in [6.07, 6.45) is 1.55. The van der Waals surface area contributed by atoms with Crippen molar-refractivity contribution in [2.45, 2.75) is 4.90 Å². The molecule has 2 aromatic rings. The topological polar surface area (TPSA) is 44.1 Å². The highest BCUT2D eigenvalue weighted by atomic mass is 79.9. The minimum Gasteiger partial charge on any atom is -0.493 e. The molecule has 0 bridgehead atoms. The molecule has 0 amide bonds. The first-order valence-electron chi connectivity index (χ1n) is 5.59. The van der Waals surface area contributed by atoms with Gasteiger partial charge in [-0.15, -0.1) is 11.8 Å². The zero-order valence-corrected chi connectivity index (χ0v) is 13.0. The van der Waals surface area contributed by atoms with Crippen molar-refractivity contribution in [2.24, 2.45) is 7.05 Å². The molecule has 1 heterocycles. The predicted octanol–water partition coefficient (Wildman–Crippen LogP) is 3.17. The molecule has 4 nitrogen and oxygen atoms in total. The molecular weight excluding hydrogens is 328 g/mol. The van der Waals surface area contributed by atoms with Gasteiger partial charge in [-0.3, -0.25) is 9.48 Å². The summed E-state index contributed by atoms with van der Waals surface area (Å²) in [4.78, 5) is 13.2. The normalized spacial score (nSPS) is 10.5. The van der Waals surface area contributed by atoms with Gasteiger partial charge < -0.3 is 4.74 Å². The molecule has 19 heavy (non-hydrogen) atoms. The Labute approximate surface area is 124 Å². The van der Waals surface area contributed by atoms with Gasteiger partial charge in [-0.2, -0.15) is 5.10 Å². The molecule has 1 aromatic carbocycles. The number of rotatable bonds is 5. The maximum Gasteiger partial charge on any atom is 0.194 e. The van der Waals surface area contributed by atoms with Crippen molar-refractivity contribution in [3.05, 3.63) is 40.6 Å². The summed E-state index contributed by atoms with van der Waals surface area (Å²) >= 11 is 4.90. The number of halogens is 1. The number of benzene rings is 1. The first-order valence-corrected chi connectivity index (χ1v) is 7.37. The second-order valence-corrected chi connectivity index (χ2v) is 5.82. The molecule has 0 atom stereocenters. The quantitative estimate of drug-likeness (QED) is 0.619. The van der Waals surface area contributed by atoms with Gasteiger partial charge in [0.15, 0.2) is 11.5 Å². The number of aryl methyl sites for hydroxylation is 1. The van der Waals surface area contributed by atoms with E-state index in [1.165, 1.54) is 18.9 Å². The van der Waals surface area contributed by atoms with Crippen molar-refractivity contribution in [2.75, 3.05) is 12.9 Å². The Morgan fingerprint density at radius 3 is 3.00 bits per heavy atom. The van der Waals surface area contributed by atoms with Crippen LogP contribution in [0.1, 0.15) is 10.5 Å². The van der Waals surface area contributed by atoms with Crippen LogP contribution in [-0.4, -0.2) is 28.4 Å². The monoisotopic (exact) mass is 340 g/mol. The molecule has 1 aromatic heterocycles. The van der Waals surface area contributed by atoms with Crippen LogP contribution < -0.4 is 4.74 Å². The Morgan fingerprint density at radius 2 is 2.32 bits per heavy atom. The SMILES string of the molecule is COc1cnn(C)c1C(=O)CSc1cccc(Br)c1. The van der Waals surface area contributed by atoms with Crippen LogP contribution in [0.2, 0.25) is 0 Å². The summed E-state index contributed by atoms with van der Waals surface area (Å²) in [7, 11) is 3.27. The van der Waals surface area contributed by atoms with Crippen LogP contribution in [0, 0.1) is 0 Å². The summed E-state index contributed by atoms with van der Waals surface area (Å²) in [5, 5.41) is 4.03. The lowest BCUT2D eigenvalue weighted by molar-refractivity contribution is 0.101. The van der Waals surface area contributed by atoms with E-state index in [-0.39, 0.29) is 5.78 Å². The number of aromatic nitrogens is 2. The Kier molecular flexibility index (Phi) is 4.66. The first-order chi connectivity index (χ1) is 9.11. The summed E-state index contributed by atoms with van der Waals surface area (Å²) in [5.74, 6) is 0.871. The Morgan fingerprint density at radius 1 is 1.53 bits per heavy atom. The third kappa shape index (κ3) is 3.39. The zero-order valence-electron chi connectivity index (χ0n) is 10.6. The second kappa shape index (κ2) is 6.25. The number of nitrogens with zero attached hydrogens (tertiary/aromatic N) is 2. The third-order valence-corrected chi connectivity index (χ3v) is 4.04. The fourth-order valence-electron chi connectivity index (χ4n) is 1.66. The smallest absolute Gasteiger partial charge is 0.194 e. The van der Waals surface area contributed by atoms with Crippen LogP contribution in [-0.2, 0) is 7.05 Å². The number of hydrogen-bond acceptors (Lipinski definition) is 4. The molecular formula is C13H13BrN2O2S. The molecule has 0 saturated carbocycles. The van der Waals surface area contributed by atoms with Gasteiger partial charge >= 0.3 is 0 Å². The predicted molar refractivity (Wildman–Crippen MR) is 79.0 cm³/mol. The largest absolute Gasteiger partial charge is 0.493 e. The summed E-state index contributed by atoms with van der Waals surface area (Å²) in [5.41, 5.74) is 0.505. The lowest BCUT2D eigenvalue weighted by atomic mass is 10.3. The average molecular weight is 341 g/mol. The molecule has 2 rings (SSSR count). The summed E-state index contributed by atoms with van der Waals surface area (Å²) < 4.78 is 7.68. The number of methoxy groups -OCH3 is 1. The van der Waals surface area contributed by atoms with Crippen molar-refractivity contribution in [3.63, 3.8) is 0 Å². The van der Waals surface area contributed by atoms with E-state index in [0.717, 1.165) is 9.37 Å².